The van der Waals surface area contributed by atoms with Gasteiger partial charge in [-0.2, -0.15) is 0 Å². The number of aromatic nitrogens is 1. The van der Waals surface area contributed by atoms with Crippen LogP contribution in [0.1, 0.15) is 28.8 Å². The van der Waals surface area contributed by atoms with E-state index in [0.717, 1.165) is 22.3 Å². The first-order valence-electron chi connectivity index (χ1n) is 6.43. The molecular formula is C16H15ClN2O. The van der Waals surface area contributed by atoms with E-state index in [1.54, 1.807) is 0 Å². The van der Waals surface area contributed by atoms with Gasteiger partial charge in [0.2, 0.25) is 0 Å². The van der Waals surface area contributed by atoms with E-state index in [4.69, 9.17) is 21.8 Å². The predicted molar refractivity (Wildman–Crippen MR) is 81.0 cm³/mol. The summed E-state index contributed by atoms with van der Waals surface area (Å²) < 4.78 is 5.82. The van der Waals surface area contributed by atoms with Gasteiger partial charge in [-0.1, -0.05) is 23.7 Å². The molecule has 0 aliphatic heterocycles. The molecule has 0 amide bonds. The van der Waals surface area contributed by atoms with Crippen LogP contribution in [-0.2, 0) is 0 Å². The molecule has 1 atom stereocenters. The van der Waals surface area contributed by atoms with Crippen LogP contribution in [0.3, 0.4) is 0 Å². The Balaban J connectivity index is 2.07. The van der Waals surface area contributed by atoms with Crippen molar-refractivity contribution in [1.82, 2.24) is 4.98 Å². The zero-order valence-corrected chi connectivity index (χ0v) is 12.1. The molecule has 1 aromatic carbocycles. The van der Waals surface area contributed by atoms with Crippen molar-refractivity contribution in [1.29, 1.82) is 0 Å². The lowest BCUT2D eigenvalue weighted by Gasteiger charge is -2.10. The number of furan rings is 1. The van der Waals surface area contributed by atoms with Crippen molar-refractivity contribution in [3.05, 3.63) is 64.1 Å². The lowest BCUT2D eigenvalue weighted by molar-refractivity contribution is 0.525. The van der Waals surface area contributed by atoms with Gasteiger partial charge in [-0.25, -0.2) is 0 Å². The Morgan fingerprint density at radius 2 is 1.85 bits per heavy atom. The molecule has 102 valence electrons. The van der Waals surface area contributed by atoms with Crippen LogP contribution in [0.25, 0.3) is 11.0 Å². The standard InChI is InChI=1S/C16H15ClN2O/c1-9-6-12(7-10(2)19-9)15(18)14-8-11-4-3-5-13(17)16(11)20-14/h3-8,15H,18H2,1-2H3. The van der Waals surface area contributed by atoms with Gasteiger partial charge in [0.15, 0.2) is 5.58 Å². The summed E-state index contributed by atoms with van der Waals surface area (Å²) in [4.78, 5) is 4.36. The summed E-state index contributed by atoms with van der Waals surface area (Å²) in [5.74, 6) is 0.707. The SMILES string of the molecule is Cc1cc(C(N)c2cc3cccc(Cl)c3o2)cc(C)n1. The predicted octanol–water partition coefficient (Wildman–Crippen LogP) is 4.15. The summed E-state index contributed by atoms with van der Waals surface area (Å²) >= 11 is 6.13. The Morgan fingerprint density at radius 3 is 2.50 bits per heavy atom. The van der Waals surface area contributed by atoms with Crippen LogP contribution in [0.2, 0.25) is 5.02 Å². The maximum Gasteiger partial charge on any atom is 0.152 e. The number of halogens is 1. The second-order valence-electron chi connectivity index (χ2n) is 4.97. The molecule has 3 rings (SSSR count). The molecule has 0 spiro atoms. The minimum absolute atomic E-state index is 0.320. The lowest BCUT2D eigenvalue weighted by Crippen LogP contribution is -2.11. The third kappa shape index (κ3) is 2.30. The van der Waals surface area contributed by atoms with Crippen molar-refractivity contribution in [2.75, 3.05) is 0 Å². The van der Waals surface area contributed by atoms with E-state index in [-0.39, 0.29) is 6.04 Å². The van der Waals surface area contributed by atoms with Crippen LogP contribution in [0.15, 0.2) is 40.8 Å². The minimum atomic E-state index is -0.320. The van der Waals surface area contributed by atoms with Gasteiger partial charge in [0.1, 0.15) is 5.76 Å². The molecule has 3 nitrogen and oxygen atoms in total. The van der Waals surface area contributed by atoms with Crippen LogP contribution in [0.5, 0.6) is 0 Å². The summed E-state index contributed by atoms with van der Waals surface area (Å²) in [5, 5.41) is 1.56. The summed E-state index contributed by atoms with van der Waals surface area (Å²) in [6, 6.07) is 11.2. The van der Waals surface area contributed by atoms with Gasteiger partial charge in [0.25, 0.3) is 0 Å². The Labute approximate surface area is 122 Å². The number of aryl methyl sites for hydroxylation is 2. The Kier molecular flexibility index (Phi) is 3.24. The maximum absolute atomic E-state index is 6.30. The fourth-order valence-corrected chi connectivity index (χ4v) is 2.63. The molecule has 0 fully saturated rings. The van der Waals surface area contributed by atoms with Gasteiger partial charge < -0.3 is 10.2 Å². The van der Waals surface area contributed by atoms with Crippen molar-refractivity contribution >= 4 is 22.6 Å². The van der Waals surface area contributed by atoms with Gasteiger partial charge in [0.05, 0.1) is 11.1 Å². The molecule has 3 aromatic rings. The van der Waals surface area contributed by atoms with Crippen molar-refractivity contribution in [2.45, 2.75) is 19.9 Å². The smallest absolute Gasteiger partial charge is 0.152 e. The molecule has 0 bridgehead atoms. The zero-order chi connectivity index (χ0) is 14.3. The monoisotopic (exact) mass is 286 g/mol. The molecule has 0 aliphatic rings. The number of pyridine rings is 1. The third-order valence-corrected chi connectivity index (χ3v) is 3.58. The number of fused-ring (bicyclic) bond motifs is 1. The van der Waals surface area contributed by atoms with Crippen LogP contribution in [0.4, 0.5) is 0 Å². The first-order chi connectivity index (χ1) is 9.54. The van der Waals surface area contributed by atoms with E-state index in [9.17, 15) is 0 Å². The Morgan fingerprint density at radius 1 is 1.15 bits per heavy atom. The molecule has 0 saturated carbocycles. The van der Waals surface area contributed by atoms with E-state index in [1.807, 2.05) is 50.2 Å². The molecule has 0 aliphatic carbocycles. The maximum atomic E-state index is 6.30. The van der Waals surface area contributed by atoms with Crippen molar-refractivity contribution in [3.63, 3.8) is 0 Å². The number of nitrogens with two attached hydrogens (primary N) is 1. The first kappa shape index (κ1) is 13.2. The topological polar surface area (TPSA) is 52.0 Å². The number of hydrogen-bond acceptors (Lipinski definition) is 3. The van der Waals surface area contributed by atoms with Gasteiger partial charge in [0, 0.05) is 16.8 Å². The molecule has 2 aromatic heterocycles. The minimum Gasteiger partial charge on any atom is -0.457 e. The van der Waals surface area contributed by atoms with E-state index < -0.39 is 0 Å². The van der Waals surface area contributed by atoms with Gasteiger partial charge in [-0.3, -0.25) is 4.98 Å². The van der Waals surface area contributed by atoms with Gasteiger partial charge in [-0.05, 0) is 43.7 Å². The van der Waals surface area contributed by atoms with Crippen molar-refractivity contribution < 1.29 is 4.42 Å². The highest BCUT2D eigenvalue weighted by molar-refractivity contribution is 6.34. The van der Waals surface area contributed by atoms with Crippen molar-refractivity contribution in [3.8, 4) is 0 Å². The van der Waals surface area contributed by atoms with Gasteiger partial charge >= 0.3 is 0 Å². The number of rotatable bonds is 2. The number of para-hydroxylation sites is 1. The highest BCUT2D eigenvalue weighted by Gasteiger charge is 2.16. The summed E-state index contributed by atoms with van der Waals surface area (Å²) in [6.07, 6.45) is 0. The number of benzene rings is 1. The molecular weight excluding hydrogens is 272 g/mol. The summed E-state index contributed by atoms with van der Waals surface area (Å²) in [7, 11) is 0. The molecule has 4 heteroatoms. The molecule has 0 radical (unpaired) electrons. The van der Waals surface area contributed by atoms with Crippen LogP contribution < -0.4 is 5.73 Å². The van der Waals surface area contributed by atoms with E-state index in [0.29, 0.717) is 16.4 Å². The van der Waals surface area contributed by atoms with E-state index in [2.05, 4.69) is 4.98 Å². The average molecular weight is 287 g/mol. The molecule has 2 N–H and O–H groups in total. The fourth-order valence-electron chi connectivity index (χ4n) is 2.41. The second-order valence-corrected chi connectivity index (χ2v) is 5.38. The molecule has 0 saturated heterocycles. The Bertz CT molecular complexity index is 759. The van der Waals surface area contributed by atoms with Crippen LogP contribution in [-0.4, -0.2) is 4.98 Å². The highest BCUT2D eigenvalue weighted by Crippen LogP contribution is 2.31. The second kappa shape index (κ2) is 4.93. The summed E-state index contributed by atoms with van der Waals surface area (Å²) in [6.45, 7) is 3.91. The fraction of sp³-hybridized carbons (Fsp3) is 0.188. The van der Waals surface area contributed by atoms with Gasteiger partial charge in [-0.15, -0.1) is 0 Å². The largest absolute Gasteiger partial charge is 0.457 e. The van der Waals surface area contributed by atoms with E-state index in [1.165, 1.54) is 0 Å². The average Bonchev–Trinajstić information content (AvgIpc) is 2.82. The lowest BCUT2D eigenvalue weighted by atomic mass is 10.0. The van der Waals surface area contributed by atoms with E-state index >= 15 is 0 Å². The molecule has 20 heavy (non-hydrogen) atoms. The quantitative estimate of drug-likeness (QED) is 0.770. The normalized spacial score (nSPS) is 12.8. The van der Waals surface area contributed by atoms with Crippen LogP contribution >= 0.6 is 11.6 Å². The molecule has 2 heterocycles. The number of nitrogens with zero attached hydrogens (tertiary/aromatic N) is 1. The third-order valence-electron chi connectivity index (χ3n) is 3.28. The van der Waals surface area contributed by atoms with Crippen molar-refractivity contribution in [2.24, 2.45) is 5.73 Å². The molecule has 1 unspecified atom stereocenters. The van der Waals surface area contributed by atoms with Crippen LogP contribution in [0, 0.1) is 13.8 Å². The Hall–Kier alpha value is -1.84. The first-order valence-corrected chi connectivity index (χ1v) is 6.81. The number of hydrogen-bond donors (Lipinski definition) is 1. The summed E-state index contributed by atoms with van der Waals surface area (Å²) in [5.41, 5.74) is 9.87. The zero-order valence-electron chi connectivity index (χ0n) is 11.4. The highest BCUT2D eigenvalue weighted by atomic mass is 35.5.